The number of nitrogens with zero attached hydrogens (tertiary/aromatic N) is 7. The fourth-order valence-corrected chi connectivity index (χ4v) is 6.48. The fourth-order valence-electron chi connectivity index (χ4n) is 5.01. The highest BCUT2D eigenvalue weighted by Gasteiger charge is 2.33. The molecule has 0 saturated carbocycles. The number of piperazine rings is 1. The fraction of sp³-hybridized carbons (Fsp3) is 0.308. The van der Waals surface area contributed by atoms with Crippen LogP contribution in [0.15, 0.2) is 68.9 Å². The molecule has 0 unspecified atom stereocenters. The van der Waals surface area contributed by atoms with Gasteiger partial charge in [0.15, 0.2) is 0 Å². The molecular formula is C26H26BrN7O3S. The van der Waals surface area contributed by atoms with Crippen molar-refractivity contribution in [3.05, 3.63) is 80.8 Å². The molecule has 1 aliphatic heterocycles. The number of hydrogen-bond acceptors (Lipinski definition) is 8. The molecule has 3 heterocycles. The molecule has 0 spiro atoms. The van der Waals surface area contributed by atoms with Crippen LogP contribution in [-0.4, -0.2) is 57.5 Å². The first-order chi connectivity index (χ1) is 18.1. The van der Waals surface area contributed by atoms with Crippen LogP contribution in [0.3, 0.4) is 0 Å². The molecule has 12 heteroatoms. The van der Waals surface area contributed by atoms with E-state index in [2.05, 4.69) is 56.0 Å². The number of aromatic nitrogens is 4. The van der Waals surface area contributed by atoms with Gasteiger partial charge in [-0.2, -0.15) is 13.7 Å². The number of pyridine rings is 1. The first-order valence-corrected chi connectivity index (χ1v) is 14.3. The average Bonchev–Trinajstić information content (AvgIpc) is 3.38. The summed E-state index contributed by atoms with van der Waals surface area (Å²) < 4.78 is 29.0. The Labute approximate surface area is 228 Å². The van der Waals surface area contributed by atoms with Crippen LogP contribution < -0.4 is 10.5 Å². The first-order valence-electron chi connectivity index (χ1n) is 12.1. The Hall–Kier alpha value is -3.53. The van der Waals surface area contributed by atoms with Gasteiger partial charge in [-0.15, -0.1) is 9.19 Å². The van der Waals surface area contributed by atoms with Gasteiger partial charge in [0.2, 0.25) is 0 Å². The Bertz CT molecular complexity index is 1730. The molecule has 5 rings (SSSR count). The molecule has 2 atom stereocenters. The largest absolute Gasteiger partial charge is 0.364 e. The minimum Gasteiger partial charge on any atom is -0.364 e. The Balaban J connectivity index is 1.43. The van der Waals surface area contributed by atoms with E-state index < -0.39 is 10.0 Å². The quantitative estimate of drug-likeness (QED) is 0.345. The average molecular weight is 597 g/mol. The van der Waals surface area contributed by atoms with Gasteiger partial charge in [0, 0.05) is 48.6 Å². The predicted molar refractivity (Wildman–Crippen MR) is 147 cm³/mol. The van der Waals surface area contributed by atoms with E-state index >= 15 is 0 Å². The monoisotopic (exact) mass is 595 g/mol. The zero-order chi connectivity index (χ0) is 27.2. The lowest BCUT2D eigenvalue weighted by Gasteiger charge is -2.45. The number of rotatable bonds is 5. The summed E-state index contributed by atoms with van der Waals surface area (Å²) in [5.41, 5.74) is 1.74. The van der Waals surface area contributed by atoms with Gasteiger partial charge in [0.1, 0.15) is 11.6 Å². The minimum atomic E-state index is -3.82. The van der Waals surface area contributed by atoms with Crippen molar-refractivity contribution in [3.63, 3.8) is 0 Å². The maximum atomic E-state index is 13.1. The molecule has 4 aromatic rings. The number of benzene rings is 2. The van der Waals surface area contributed by atoms with Crippen molar-refractivity contribution >= 4 is 42.5 Å². The second-order valence-electron chi connectivity index (χ2n) is 9.54. The lowest BCUT2D eigenvalue weighted by atomic mass is 10.0. The van der Waals surface area contributed by atoms with E-state index in [0.29, 0.717) is 31.0 Å². The van der Waals surface area contributed by atoms with Crippen LogP contribution >= 0.6 is 15.9 Å². The predicted octanol–water partition coefficient (Wildman–Crippen LogP) is 3.10. The third-order valence-corrected chi connectivity index (χ3v) is 9.05. The zero-order valence-electron chi connectivity index (χ0n) is 21.1. The zero-order valence-corrected chi connectivity index (χ0v) is 23.5. The Morgan fingerprint density at radius 1 is 1.11 bits per heavy atom. The summed E-state index contributed by atoms with van der Waals surface area (Å²) in [7, 11) is -2.14. The van der Waals surface area contributed by atoms with E-state index in [4.69, 9.17) is 0 Å². The van der Waals surface area contributed by atoms with Gasteiger partial charge in [0.05, 0.1) is 28.0 Å². The molecule has 38 heavy (non-hydrogen) atoms. The molecule has 1 fully saturated rings. The standard InChI is InChI=1S/C26H26BrN7O3S/c1-17-14-33(25-22-11-19(27)9-10-24(22)31(3)26(35)23(25)12-28)18(2)13-32(17)15-20-16-34(30-29-20)38(36,37)21-7-5-4-6-8-21/h4-11,16-18H,13-15H2,1-3H3/t17-,18+/m1/s1. The summed E-state index contributed by atoms with van der Waals surface area (Å²) in [5.74, 6) is 0. The molecule has 10 nitrogen and oxygen atoms in total. The lowest BCUT2D eigenvalue weighted by molar-refractivity contribution is 0.156. The summed E-state index contributed by atoms with van der Waals surface area (Å²) in [6.07, 6.45) is 1.45. The van der Waals surface area contributed by atoms with Gasteiger partial charge in [-0.25, -0.2) is 0 Å². The second kappa shape index (κ2) is 9.98. The van der Waals surface area contributed by atoms with Gasteiger partial charge in [-0.1, -0.05) is 39.3 Å². The van der Waals surface area contributed by atoms with E-state index in [9.17, 15) is 18.5 Å². The number of fused-ring (bicyclic) bond motifs is 1. The maximum Gasteiger partial charge on any atom is 0.284 e. The Morgan fingerprint density at radius 2 is 1.84 bits per heavy atom. The molecular weight excluding hydrogens is 570 g/mol. The third kappa shape index (κ3) is 4.51. The Morgan fingerprint density at radius 3 is 2.55 bits per heavy atom. The van der Waals surface area contributed by atoms with E-state index in [0.717, 1.165) is 19.5 Å². The van der Waals surface area contributed by atoms with E-state index in [-0.39, 0.29) is 28.1 Å². The highest BCUT2D eigenvalue weighted by molar-refractivity contribution is 9.10. The molecule has 0 radical (unpaired) electrons. The number of nitriles is 1. The Kier molecular flexibility index (Phi) is 6.85. The summed E-state index contributed by atoms with van der Waals surface area (Å²) in [6.45, 7) is 5.72. The molecule has 0 bridgehead atoms. The highest BCUT2D eigenvalue weighted by atomic mass is 79.9. The first kappa shape index (κ1) is 26.1. The number of halogens is 1. The molecule has 196 valence electrons. The molecule has 0 aliphatic carbocycles. The van der Waals surface area contributed by atoms with Crippen LogP contribution in [0.5, 0.6) is 0 Å². The van der Waals surface area contributed by atoms with Crippen molar-refractivity contribution in [3.8, 4) is 6.07 Å². The smallest absolute Gasteiger partial charge is 0.284 e. The van der Waals surface area contributed by atoms with Crippen molar-refractivity contribution in [2.75, 3.05) is 18.0 Å². The maximum absolute atomic E-state index is 13.1. The van der Waals surface area contributed by atoms with Crippen LogP contribution in [0, 0.1) is 11.3 Å². The van der Waals surface area contributed by atoms with Crippen molar-refractivity contribution in [2.24, 2.45) is 7.05 Å². The normalized spacial score (nSPS) is 18.6. The molecule has 2 aromatic carbocycles. The van der Waals surface area contributed by atoms with Gasteiger partial charge in [-0.05, 0) is 44.2 Å². The van der Waals surface area contributed by atoms with Crippen LogP contribution in [0.1, 0.15) is 25.1 Å². The molecule has 2 aromatic heterocycles. The number of anilines is 1. The van der Waals surface area contributed by atoms with Crippen molar-refractivity contribution in [2.45, 2.75) is 37.4 Å². The van der Waals surface area contributed by atoms with Gasteiger partial charge in [0.25, 0.3) is 15.6 Å². The SMILES string of the molecule is C[C@@H]1CN(c2c(C#N)c(=O)n(C)c3ccc(Br)cc23)[C@@H](C)CN1Cc1cn(S(=O)(=O)c2ccccc2)nn1. The minimum absolute atomic E-state index is 0.0277. The van der Waals surface area contributed by atoms with Crippen molar-refractivity contribution in [1.82, 2.24) is 23.9 Å². The third-order valence-electron chi connectivity index (χ3n) is 7.02. The lowest BCUT2D eigenvalue weighted by Crippen LogP contribution is -2.56. The highest BCUT2D eigenvalue weighted by Crippen LogP contribution is 2.34. The van der Waals surface area contributed by atoms with E-state index in [1.807, 2.05) is 18.2 Å². The summed E-state index contributed by atoms with van der Waals surface area (Å²) >= 11 is 3.53. The van der Waals surface area contributed by atoms with Gasteiger partial charge < -0.3 is 9.47 Å². The summed E-state index contributed by atoms with van der Waals surface area (Å²) in [5, 5.41) is 18.8. The molecule has 1 aliphatic rings. The second-order valence-corrected chi connectivity index (χ2v) is 12.3. The summed E-state index contributed by atoms with van der Waals surface area (Å²) in [6, 6.07) is 16.0. The molecule has 1 saturated heterocycles. The van der Waals surface area contributed by atoms with Crippen molar-refractivity contribution < 1.29 is 8.42 Å². The summed E-state index contributed by atoms with van der Waals surface area (Å²) in [4.78, 5) is 17.5. The molecule has 0 amide bonds. The van der Waals surface area contributed by atoms with Crippen LogP contribution in [-0.2, 0) is 23.6 Å². The number of hydrogen-bond donors (Lipinski definition) is 0. The van der Waals surface area contributed by atoms with Gasteiger partial charge in [-0.3, -0.25) is 9.69 Å². The van der Waals surface area contributed by atoms with E-state index in [1.54, 1.807) is 25.2 Å². The van der Waals surface area contributed by atoms with Crippen LogP contribution in [0.4, 0.5) is 5.69 Å². The van der Waals surface area contributed by atoms with E-state index in [1.165, 1.54) is 22.9 Å². The van der Waals surface area contributed by atoms with Crippen LogP contribution in [0.25, 0.3) is 10.9 Å². The number of aryl methyl sites for hydroxylation is 1. The van der Waals surface area contributed by atoms with Gasteiger partial charge >= 0.3 is 0 Å². The van der Waals surface area contributed by atoms with Crippen LogP contribution in [0.2, 0.25) is 0 Å². The topological polar surface area (TPSA) is 117 Å². The molecule has 0 N–H and O–H groups in total. The van der Waals surface area contributed by atoms with Crippen molar-refractivity contribution in [1.29, 1.82) is 5.26 Å².